The first kappa shape index (κ1) is 18.9. The first-order chi connectivity index (χ1) is 10.8. The lowest BCUT2D eigenvalue weighted by molar-refractivity contribution is -0.383. The number of rotatable bonds is 5. The van der Waals surface area contributed by atoms with E-state index in [1.807, 2.05) is 0 Å². The Labute approximate surface area is 130 Å². The molecule has 11 heteroatoms. The molecule has 0 radical (unpaired) electrons. The van der Waals surface area contributed by atoms with Gasteiger partial charge >= 0.3 is 0 Å². The van der Waals surface area contributed by atoms with E-state index in [2.05, 4.69) is 0 Å². The summed E-state index contributed by atoms with van der Waals surface area (Å²) in [6.45, 7) is -2.32. The van der Waals surface area contributed by atoms with Crippen LogP contribution in [0.2, 0.25) is 0 Å². The molecule has 2 heterocycles. The minimum Gasteiger partial charge on any atom is -0.394 e. The highest BCUT2D eigenvalue weighted by Crippen LogP contribution is 2.35. The molecule has 136 valence electrons. The quantitative estimate of drug-likeness (QED) is 0.238. The zero-order valence-electron chi connectivity index (χ0n) is 12.0. The van der Waals surface area contributed by atoms with Gasteiger partial charge in [0.1, 0.15) is 49.3 Å². The van der Waals surface area contributed by atoms with Gasteiger partial charge in [-0.15, -0.1) is 0 Å². The van der Waals surface area contributed by atoms with Crippen LogP contribution in [0.15, 0.2) is 0 Å². The summed E-state index contributed by atoms with van der Waals surface area (Å²) in [7, 11) is 0. The number of aliphatic hydroxyl groups excluding tert-OH is 8. The summed E-state index contributed by atoms with van der Waals surface area (Å²) in [4.78, 5) is 0. The van der Waals surface area contributed by atoms with Crippen LogP contribution in [-0.2, 0) is 14.2 Å². The Morgan fingerprint density at radius 1 is 0.783 bits per heavy atom. The van der Waals surface area contributed by atoms with E-state index < -0.39 is 74.6 Å². The lowest BCUT2D eigenvalue weighted by atomic mass is 9.99. The molecule has 0 bridgehead atoms. The van der Waals surface area contributed by atoms with Gasteiger partial charge in [-0.05, 0) is 0 Å². The van der Waals surface area contributed by atoms with E-state index in [-0.39, 0.29) is 0 Å². The van der Waals surface area contributed by atoms with Gasteiger partial charge in [-0.1, -0.05) is 0 Å². The van der Waals surface area contributed by atoms with Crippen LogP contribution in [0.4, 0.5) is 0 Å². The van der Waals surface area contributed by atoms with Crippen molar-refractivity contribution in [1.29, 1.82) is 0 Å². The number of hydrogen-bond donors (Lipinski definition) is 8. The minimum absolute atomic E-state index is 0.669. The normalized spacial score (nSPS) is 51.1. The molecule has 0 aliphatic carbocycles. The van der Waals surface area contributed by atoms with Gasteiger partial charge in [0.25, 0.3) is 0 Å². The number of hydrogen-bond acceptors (Lipinski definition) is 11. The zero-order valence-corrected chi connectivity index (χ0v) is 12.0. The van der Waals surface area contributed by atoms with E-state index in [1.54, 1.807) is 0 Å². The Kier molecular flexibility index (Phi) is 5.92. The van der Waals surface area contributed by atoms with E-state index in [4.69, 9.17) is 24.4 Å². The van der Waals surface area contributed by atoms with Crippen LogP contribution in [0, 0.1) is 0 Å². The molecule has 0 aromatic carbocycles. The van der Waals surface area contributed by atoms with Crippen molar-refractivity contribution in [2.24, 2.45) is 0 Å². The molecule has 11 nitrogen and oxygen atoms in total. The third-order valence-corrected chi connectivity index (χ3v) is 4.07. The van der Waals surface area contributed by atoms with Gasteiger partial charge in [0.05, 0.1) is 13.2 Å². The third kappa shape index (κ3) is 3.23. The fourth-order valence-corrected chi connectivity index (χ4v) is 2.63. The molecular weight excluding hydrogens is 320 g/mol. The molecular formula is C12H22O11. The molecule has 0 aromatic heterocycles. The molecule has 2 rings (SSSR count). The van der Waals surface area contributed by atoms with Gasteiger partial charge in [-0.2, -0.15) is 0 Å². The fraction of sp³-hybridized carbons (Fsp3) is 1.00. The van der Waals surface area contributed by atoms with Crippen LogP contribution in [0.25, 0.3) is 0 Å². The molecule has 0 amide bonds. The highest BCUT2D eigenvalue weighted by molar-refractivity contribution is 4.98. The van der Waals surface area contributed by atoms with Crippen LogP contribution in [0.3, 0.4) is 0 Å². The standard InChI is InChI=1S/C12H22O11/c13-1-4-6(16)8(18)9(19)11(21-4)23-12(3-15)10(20)7(17)5(2-14)22-12/h4-11,13-20H,1-3H2/t4?,5?,6-,7?,8?,9?,10?,11+,12-/m1/s1. The maximum Gasteiger partial charge on any atom is 0.224 e. The molecule has 9 atom stereocenters. The van der Waals surface area contributed by atoms with E-state index in [9.17, 15) is 30.6 Å². The SMILES string of the molecule is OCC1O[C@](CO)(O[C@@H]2OC(CO)[C@@H](O)C(O)C2O)C(O)C1O. The lowest BCUT2D eigenvalue weighted by Gasteiger charge is -2.43. The molecule has 2 fully saturated rings. The molecule has 8 N–H and O–H groups in total. The van der Waals surface area contributed by atoms with Gasteiger partial charge in [0.15, 0.2) is 6.29 Å². The second-order valence-electron chi connectivity index (χ2n) is 5.56. The highest BCUT2D eigenvalue weighted by atomic mass is 16.8. The van der Waals surface area contributed by atoms with Gasteiger partial charge in [-0.3, -0.25) is 0 Å². The molecule has 0 saturated carbocycles. The fourth-order valence-electron chi connectivity index (χ4n) is 2.63. The Morgan fingerprint density at radius 3 is 1.87 bits per heavy atom. The third-order valence-electron chi connectivity index (χ3n) is 4.07. The lowest BCUT2D eigenvalue weighted by Crippen LogP contribution is -2.62. The Balaban J connectivity index is 2.18. The summed E-state index contributed by atoms with van der Waals surface area (Å²) in [6.07, 6.45) is -12.7. The minimum atomic E-state index is -2.22. The average molecular weight is 342 g/mol. The highest BCUT2D eigenvalue weighted by Gasteiger charge is 2.58. The predicted octanol–water partition coefficient (Wildman–Crippen LogP) is -5.40. The van der Waals surface area contributed by atoms with Crippen LogP contribution < -0.4 is 0 Å². The van der Waals surface area contributed by atoms with Crippen molar-refractivity contribution >= 4 is 0 Å². The summed E-state index contributed by atoms with van der Waals surface area (Å²) in [5.74, 6) is -2.22. The second-order valence-corrected chi connectivity index (χ2v) is 5.56. The summed E-state index contributed by atoms with van der Waals surface area (Å²) in [5.41, 5.74) is 0. The van der Waals surface area contributed by atoms with Crippen molar-refractivity contribution in [3.05, 3.63) is 0 Å². The molecule has 23 heavy (non-hydrogen) atoms. The largest absolute Gasteiger partial charge is 0.394 e. The smallest absolute Gasteiger partial charge is 0.224 e. The van der Waals surface area contributed by atoms with Gasteiger partial charge in [0.2, 0.25) is 5.79 Å². The molecule has 2 saturated heterocycles. The number of ether oxygens (including phenoxy) is 3. The first-order valence-electron chi connectivity index (χ1n) is 7.05. The van der Waals surface area contributed by atoms with Crippen molar-refractivity contribution in [1.82, 2.24) is 0 Å². The Morgan fingerprint density at radius 2 is 1.39 bits per heavy atom. The zero-order chi connectivity index (χ0) is 17.4. The molecule has 2 aliphatic rings. The van der Waals surface area contributed by atoms with Crippen LogP contribution >= 0.6 is 0 Å². The molecule has 6 unspecified atom stereocenters. The average Bonchev–Trinajstić information content (AvgIpc) is 2.80. The van der Waals surface area contributed by atoms with Crippen molar-refractivity contribution in [2.45, 2.75) is 54.8 Å². The van der Waals surface area contributed by atoms with Crippen molar-refractivity contribution in [2.75, 3.05) is 19.8 Å². The van der Waals surface area contributed by atoms with Gasteiger partial charge in [-0.25, -0.2) is 0 Å². The summed E-state index contributed by atoms with van der Waals surface area (Å²) >= 11 is 0. The summed E-state index contributed by atoms with van der Waals surface area (Å²) in [6, 6.07) is 0. The maximum absolute atomic E-state index is 10.00. The van der Waals surface area contributed by atoms with Gasteiger partial charge in [0, 0.05) is 0 Å². The van der Waals surface area contributed by atoms with E-state index in [1.165, 1.54) is 0 Å². The van der Waals surface area contributed by atoms with E-state index >= 15 is 0 Å². The van der Waals surface area contributed by atoms with E-state index in [0.717, 1.165) is 0 Å². The van der Waals surface area contributed by atoms with Crippen molar-refractivity contribution in [3.8, 4) is 0 Å². The van der Waals surface area contributed by atoms with Crippen LogP contribution in [-0.4, -0.2) is 115 Å². The Bertz CT molecular complexity index is 393. The van der Waals surface area contributed by atoms with Crippen LogP contribution in [0.5, 0.6) is 0 Å². The summed E-state index contributed by atoms with van der Waals surface area (Å²) < 4.78 is 15.4. The van der Waals surface area contributed by atoms with Crippen molar-refractivity contribution < 1.29 is 55.1 Å². The topological polar surface area (TPSA) is 190 Å². The monoisotopic (exact) mass is 342 g/mol. The Hall–Kier alpha value is -0.440. The summed E-state index contributed by atoms with van der Waals surface area (Å²) in [5, 5.41) is 76.7. The first-order valence-corrected chi connectivity index (χ1v) is 7.05. The van der Waals surface area contributed by atoms with Crippen molar-refractivity contribution in [3.63, 3.8) is 0 Å². The van der Waals surface area contributed by atoms with Crippen LogP contribution in [0.1, 0.15) is 0 Å². The van der Waals surface area contributed by atoms with Gasteiger partial charge < -0.3 is 55.1 Å². The molecule has 2 aliphatic heterocycles. The molecule has 0 aromatic rings. The number of aliphatic hydroxyl groups is 8. The second kappa shape index (κ2) is 7.21. The maximum atomic E-state index is 10.00. The predicted molar refractivity (Wildman–Crippen MR) is 68.6 cm³/mol. The van der Waals surface area contributed by atoms with E-state index in [0.29, 0.717) is 0 Å². The molecule has 0 spiro atoms.